The third kappa shape index (κ3) is 4.44. The highest BCUT2D eigenvalue weighted by Crippen LogP contribution is 2.12. The summed E-state index contributed by atoms with van der Waals surface area (Å²) in [6, 6.07) is 20.7. The molecule has 0 N–H and O–H groups in total. The quantitative estimate of drug-likeness (QED) is 0.637. The molecule has 0 nitrogen and oxygen atoms in total. The molecule has 19 heavy (non-hydrogen) atoms. The molecule has 0 saturated carbocycles. The molecule has 2 aromatic rings. The van der Waals surface area contributed by atoms with E-state index in [4.69, 9.17) is 0 Å². The Labute approximate surface area is 115 Å². The van der Waals surface area contributed by atoms with Crippen molar-refractivity contribution in [3.05, 3.63) is 96.1 Å². The number of benzene rings is 2. The second-order valence-corrected chi connectivity index (χ2v) is 4.37. The van der Waals surface area contributed by atoms with Gasteiger partial charge >= 0.3 is 0 Å². The van der Waals surface area contributed by atoms with Crippen LogP contribution >= 0.6 is 0 Å². The number of hydrogen-bond donors (Lipinski definition) is 0. The van der Waals surface area contributed by atoms with Crippen LogP contribution in [0.25, 0.3) is 11.6 Å². The van der Waals surface area contributed by atoms with Crippen molar-refractivity contribution in [3.63, 3.8) is 0 Å². The van der Waals surface area contributed by atoms with Gasteiger partial charge < -0.3 is 0 Å². The summed E-state index contributed by atoms with van der Waals surface area (Å²) in [7, 11) is 0. The zero-order valence-electron chi connectivity index (χ0n) is 11.2. The maximum atomic E-state index is 2.13. The van der Waals surface area contributed by atoms with Crippen molar-refractivity contribution < 1.29 is 0 Å². The first-order chi connectivity index (χ1) is 9.36. The molecule has 0 heteroatoms. The van der Waals surface area contributed by atoms with Crippen LogP contribution in [-0.4, -0.2) is 0 Å². The summed E-state index contributed by atoms with van der Waals surface area (Å²) < 4.78 is 0. The highest BCUT2D eigenvalue weighted by molar-refractivity contribution is 5.65. The monoisotopic (exact) mass is 246 g/mol. The van der Waals surface area contributed by atoms with Crippen LogP contribution in [0.1, 0.15) is 18.1 Å². The van der Waals surface area contributed by atoms with E-state index < -0.39 is 0 Å². The van der Waals surface area contributed by atoms with Gasteiger partial charge in [-0.05, 0) is 23.6 Å². The summed E-state index contributed by atoms with van der Waals surface area (Å²) in [4.78, 5) is 0. The Hall–Kier alpha value is -2.34. The largest absolute Gasteiger partial charge is 0.0622 e. The van der Waals surface area contributed by atoms with Gasteiger partial charge in [0.1, 0.15) is 0 Å². The van der Waals surface area contributed by atoms with Crippen LogP contribution in [0, 0.1) is 0 Å². The molecule has 2 rings (SSSR count). The Balaban J connectivity index is 1.95. The summed E-state index contributed by atoms with van der Waals surface area (Å²) in [5.74, 6) is 0. The summed E-state index contributed by atoms with van der Waals surface area (Å²) in [5.41, 5.74) is 3.75. The topological polar surface area (TPSA) is 0 Å². The highest BCUT2D eigenvalue weighted by atomic mass is 14.0. The molecule has 0 unspecified atom stereocenters. The van der Waals surface area contributed by atoms with E-state index in [0.717, 1.165) is 0 Å². The first kappa shape index (κ1) is 13.1. The van der Waals surface area contributed by atoms with Crippen molar-refractivity contribution in [1.29, 1.82) is 0 Å². The maximum absolute atomic E-state index is 2.13. The Morgan fingerprint density at radius 3 is 2.05 bits per heavy atom. The molecule has 0 aliphatic heterocycles. The maximum Gasteiger partial charge on any atom is -0.0227 e. The van der Waals surface area contributed by atoms with Gasteiger partial charge in [-0.2, -0.15) is 0 Å². The van der Waals surface area contributed by atoms with Crippen LogP contribution in [0.2, 0.25) is 0 Å². The van der Waals surface area contributed by atoms with E-state index in [1.54, 1.807) is 0 Å². The lowest BCUT2D eigenvalue weighted by atomic mass is 10.1. The van der Waals surface area contributed by atoms with Crippen molar-refractivity contribution in [2.45, 2.75) is 6.92 Å². The smallest absolute Gasteiger partial charge is 0.0227 e. The average Bonchev–Trinajstić information content (AvgIpc) is 2.49. The van der Waals surface area contributed by atoms with Crippen LogP contribution < -0.4 is 0 Å². The normalized spacial score (nSPS) is 12.4. The van der Waals surface area contributed by atoms with Crippen molar-refractivity contribution in [1.82, 2.24) is 0 Å². The number of allylic oxidation sites excluding steroid dienone is 5. The van der Waals surface area contributed by atoms with Crippen LogP contribution in [0.5, 0.6) is 0 Å². The lowest BCUT2D eigenvalue weighted by Crippen LogP contribution is -1.76. The molecule has 0 spiro atoms. The fraction of sp³-hybridized carbons (Fsp3) is 0.0526. The zero-order valence-corrected chi connectivity index (χ0v) is 11.2. The first-order valence-electron chi connectivity index (χ1n) is 6.48. The first-order valence-corrected chi connectivity index (χ1v) is 6.48. The van der Waals surface area contributed by atoms with Crippen LogP contribution in [-0.2, 0) is 0 Å². The Bertz CT molecular complexity index is 572. The summed E-state index contributed by atoms with van der Waals surface area (Å²) in [6.07, 6.45) is 10.4. The molecule has 0 amide bonds. The summed E-state index contributed by atoms with van der Waals surface area (Å²) in [5, 5.41) is 0. The van der Waals surface area contributed by atoms with E-state index in [0.29, 0.717) is 0 Å². The third-order valence-electron chi connectivity index (χ3n) is 2.89. The Morgan fingerprint density at radius 2 is 1.37 bits per heavy atom. The molecule has 0 atom stereocenters. The van der Waals surface area contributed by atoms with Crippen molar-refractivity contribution in [2.75, 3.05) is 0 Å². The van der Waals surface area contributed by atoms with Crippen molar-refractivity contribution in [2.24, 2.45) is 0 Å². The highest BCUT2D eigenvalue weighted by Gasteiger charge is 1.90. The van der Waals surface area contributed by atoms with E-state index >= 15 is 0 Å². The fourth-order valence-electron chi connectivity index (χ4n) is 1.79. The SMILES string of the molecule is C/C(=C\C=C\C=Cc1ccccc1)c1ccccc1. The van der Waals surface area contributed by atoms with Gasteiger partial charge in [0.2, 0.25) is 0 Å². The fourth-order valence-corrected chi connectivity index (χ4v) is 1.79. The van der Waals surface area contributed by atoms with Gasteiger partial charge in [0, 0.05) is 0 Å². The van der Waals surface area contributed by atoms with Crippen LogP contribution in [0.15, 0.2) is 85.0 Å². The molecule has 0 heterocycles. The lowest BCUT2D eigenvalue weighted by Gasteiger charge is -1.98. The van der Waals surface area contributed by atoms with Gasteiger partial charge in [0.25, 0.3) is 0 Å². The van der Waals surface area contributed by atoms with Gasteiger partial charge in [0.05, 0.1) is 0 Å². The minimum absolute atomic E-state index is 1.22. The van der Waals surface area contributed by atoms with E-state index in [1.807, 2.05) is 24.3 Å². The molecule has 94 valence electrons. The second kappa shape index (κ2) is 7.17. The molecule has 0 aromatic heterocycles. The minimum atomic E-state index is 1.22. The molecular formula is C19H18. The molecule has 0 bridgehead atoms. The van der Waals surface area contributed by atoms with Gasteiger partial charge in [-0.25, -0.2) is 0 Å². The minimum Gasteiger partial charge on any atom is -0.0622 e. The predicted octanol–water partition coefficient (Wildman–Crippen LogP) is 5.36. The molecule has 0 fully saturated rings. The Kier molecular flexibility index (Phi) is 4.95. The molecule has 0 aliphatic rings. The van der Waals surface area contributed by atoms with Gasteiger partial charge in [-0.1, -0.05) is 91.0 Å². The summed E-state index contributed by atoms with van der Waals surface area (Å²) in [6.45, 7) is 2.13. The third-order valence-corrected chi connectivity index (χ3v) is 2.89. The Morgan fingerprint density at radius 1 is 0.737 bits per heavy atom. The standard InChI is InChI=1S/C19H18/c1-17(19-15-9-4-10-16-19)11-5-2-6-12-18-13-7-3-8-14-18/h2-16H,1H3/b5-2+,12-6?,17-11+. The van der Waals surface area contributed by atoms with Crippen molar-refractivity contribution >= 4 is 11.6 Å². The molecule has 0 saturated heterocycles. The van der Waals surface area contributed by atoms with Gasteiger partial charge in [-0.15, -0.1) is 0 Å². The van der Waals surface area contributed by atoms with Crippen molar-refractivity contribution in [3.8, 4) is 0 Å². The average molecular weight is 246 g/mol. The molecule has 0 radical (unpaired) electrons. The zero-order chi connectivity index (χ0) is 13.3. The van der Waals surface area contributed by atoms with E-state index in [2.05, 4.69) is 73.7 Å². The second-order valence-electron chi connectivity index (χ2n) is 4.37. The number of rotatable bonds is 4. The molecule has 0 aliphatic carbocycles. The molecular weight excluding hydrogens is 228 g/mol. The van der Waals surface area contributed by atoms with Crippen LogP contribution in [0.3, 0.4) is 0 Å². The molecule has 2 aromatic carbocycles. The van der Waals surface area contributed by atoms with Crippen LogP contribution in [0.4, 0.5) is 0 Å². The lowest BCUT2D eigenvalue weighted by molar-refractivity contribution is 1.57. The van der Waals surface area contributed by atoms with Gasteiger partial charge in [-0.3, -0.25) is 0 Å². The van der Waals surface area contributed by atoms with E-state index in [9.17, 15) is 0 Å². The van der Waals surface area contributed by atoms with E-state index in [-0.39, 0.29) is 0 Å². The van der Waals surface area contributed by atoms with E-state index in [1.165, 1.54) is 16.7 Å². The number of hydrogen-bond acceptors (Lipinski definition) is 0. The van der Waals surface area contributed by atoms with Gasteiger partial charge in [0.15, 0.2) is 0 Å². The predicted molar refractivity (Wildman–Crippen MR) is 84.7 cm³/mol. The summed E-state index contributed by atoms with van der Waals surface area (Å²) >= 11 is 0.